The SMILES string of the molecule is O=C(Nc1ccccc1-c1ncc[nH]1)c1ccc(=O)[nH]c1. The predicted molar refractivity (Wildman–Crippen MR) is 79.0 cm³/mol. The van der Waals surface area contributed by atoms with Crippen LogP contribution < -0.4 is 10.9 Å². The summed E-state index contributed by atoms with van der Waals surface area (Å²) in [6, 6.07) is 10.1. The molecular weight excluding hydrogens is 268 g/mol. The quantitative estimate of drug-likeness (QED) is 0.685. The van der Waals surface area contributed by atoms with E-state index in [4.69, 9.17) is 0 Å². The normalized spacial score (nSPS) is 10.3. The van der Waals surface area contributed by atoms with Crippen molar-refractivity contribution in [3.05, 3.63) is 70.9 Å². The van der Waals surface area contributed by atoms with E-state index in [-0.39, 0.29) is 11.5 Å². The van der Waals surface area contributed by atoms with Crippen molar-refractivity contribution in [1.82, 2.24) is 15.0 Å². The number of aromatic nitrogens is 3. The lowest BCUT2D eigenvalue weighted by molar-refractivity contribution is 0.102. The molecule has 0 aliphatic heterocycles. The van der Waals surface area contributed by atoms with Gasteiger partial charge >= 0.3 is 0 Å². The Hall–Kier alpha value is -3.15. The highest BCUT2D eigenvalue weighted by Gasteiger charge is 2.11. The average molecular weight is 280 g/mol. The molecule has 0 fully saturated rings. The molecule has 0 aliphatic carbocycles. The first-order valence-corrected chi connectivity index (χ1v) is 6.33. The Morgan fingerprint density at radius 3 is 2.67 bits per heavy atom. The van der Waals surface area contributed by atoms with E-state index < -0.39 is 0 Å². The zero-order valence-electron chi connectivity index (χ0n) is 11.0. The summed E-state index contributed by atoms with van der Waals surface area (Å²) in [4.78, 5) is 32.9. The van der Waals surface area contributed by atoms with Gasteiger partial charge in [-0.1, -0.05) is 12.1 Å². The number of aromatic amines is 2. The summed E-state index contributed by atoms with van der Waals surface area (Å²) in [5.41, 5.74) is 1.57. The molecule has 3 rings (SSSR count). The summed E-state index contributed by atoms with van der Waals surface area (Å²) in [6.45, 7) is 0. The fourth-order valence-corrected chi connectivity index (χ4v) is 1.96. The highest BCUT2D eigenvalue weighted by atomic mass is 16.1. The van der Waals surface area contributed by atoms with E-state index in [9.17, 15) is 9.59 Å². The molecule has 21 heavy (non-hydrogen) atoms. The van der Waals surface area contributed by atoms with E-state index >= 15 is 0 Å². The van der Waals surface area contributed by atoms with Crippen molar-refractivity contribution in [2.24, 2.45) is 0 Å². The number of carbonyl (C=O) groups excluding carboxylic acids is 1. The van der Waals surface area contributed by atoms with Crippen LogP contribution in [0, 0.1) is 0 Å². The van der Waals surface area contributed by atoms with Crippen LogP contribution in [-0.2, 0) is 0 Å². The lowest BCUT2D eigenvalue weighted by Gasteiger charge is -2.09. The molecular formula is C15H12N4O2. The molecule has 0 radical (unpaired) electrons. The Balaban J connectivity index is 1.90. The predicted octanol–water partition coefficient (Wildman–Crippen LogP) is 2.02. The van der Waals surface area contributed by atoms with Crippen molar-refractivity contribution >= 4 is 11.6 Å². The largest absolute Gasteiger partial charge is 0.345 e. The van der Waals surface area contributed by atoms with Crippen molar-refractivity contribution in [3.8, 4) is 11.4 Å². The molecule has 0 bridgehead atoms. The molecule has 104 valence electrons. The van der Waals surface area contributed by atoms with Crippen LogP contribution in [-0.4, -0.2) is 20.9 Å². The standard InChI is InChI=1S/C15H12N4O2/c20-13-6-5-10(9-18-13)15(21)19-12-4-2-1-3-11(12)14-16-7-8-17-14/h1-9H,(H,16,17)(H,18,20)(H,19,21). The second-order valence-electron chi connectivity index (χ2n) is 4.38. The first kappa shape index (κ1) is 12.9. The number of pyridine rings is 1. The molecule has 2 heterocycles. The molecule has 3 N–H and O–H groups in total. The Morgan fingerprint density at radius 1 is 1.10 bits per heavy atom. The van der Waals surface area contributed by atoms with E-state index in [0.717, 1.165) is 5.56 Å². The fraction of sp³-hybridized carbons (Fsp3) is 0. The lowest BCUT2D eigenvalue weighted by Crippen LogP contribution is -2.15. The van der Waals surface area contributed by atoms with Crippen LogP contribution in [0.15, 0.2) is 59.8 Å². The number of nitrogens with one attached hydrogen (secondary N) is 3. The summed E-state index contributed by atoms with van der Waals surface area (Å²) in [7, 11) is 0. The fourth-order valence-electron chi connectivity index (χ4n) is 1.96. The number of H-pyrrole nitrogens is 2. The van der Waals surface area contributed by atoms with Crippen LogP contribution in [0.5, 0.6) is 0 Å². The second-order valence-corrected chi connectivity index (χ2v) is 4.38. The molecule has 0 atom stereocenters. The van der Waals surface area contributed by atoms with Crippen LogP contribution in [0.1, 0.15) is 10.4 Å². The average Bonchev–Trinajstić information content (AvgIpc) is 3.02. The molecule has 0 spiro atoms. The molecule has 0 saturated heterocycles. The Kier molecular flexibility index (Phi) is 3.34. The molecule has 1 amide bonds. The minimum atomic E-state index is -0.301. The third-order valence-corrected chi connectivity index (χ3v) is 2.97. The van der Waals surface area contributed by atoms with Gasteiger partial charge < -0.3 is 15.3 Å². The minimum absolute atomic E-state index is 0.248. The van der Waals surface area contributed by atoms with Crippen LogP contribution in [0.3, 0.4) is 0 Å². The van der Waals surface area contributed by atoms with Gasteiger partial charge in [0.05, 0.1) is 11.3 Å². The van der Waals surface area contributed by atoms with Gasteiger partial charge in [-0.05, 0) is 18.2 Å². The van der Waals surface area contributed by atoms with Crippen molar-refractivity contribution < 1.29 is 4.79 Å². The van der Waals surface area contributed by atoms with E-state index in [1.54, 1.807) is 18.5 Å². The van der Waals surface area contributed by atoms with Crippen LogP contribution in [0.4, 0.5) is 5.69 Å². The second kappa shape index (κ2) is 5.46. The number of benzene rings is 1. The van der Waals surface area contributed by atoms with Gasteiger partial charge in [-0.3, -0.25) is 9.59 Å². The minimum Gasteiger partial charge on any atom is -0.345 e. The van der Waals surface area contributed by atoms with Gasteiger partial charge in [0, 0.05) is 30.2 Å². The van der Waals surface area contributed by atoms with Gasteiger partial charge in [-0.25, -0.2) is 4.98 Å². The van der Waals surface area contributed by atoms with Gasteiger partial charge in [-0.2, -0.15) is 0 Å². The number of hydrogen-bond donors (Lipinski definition) is 3. The van der Waals surface area contributed by atoms with Gasteiger partial charge in [0.2, 0.25) is 5.56 Å². The first-order valence-electron chi connectivity index (χ1n) is 6.33. The monoisotopic (exact) mass is 280 g/mol. The lowest BCUT2D eigenvalue weighted by atomic mass is 10.1. The van der Waals surface area contributed by atoms with Crippen LogP contribution in [0.2, 0.25) is 0 Å². The third kappa shape index (κ3) is 2.74. The van der Waals surface area contributed by atoms with Gasteiger partial charge in [-0.15, -0.1) is 0 Å². The van der Waals surface area contributed by atoms with E-state index in [1.165, 1.54) is 18.3 Å². The third-order valence-electron chi connectivity index (χ3n) is 2.97. The number of anilines is 1. The zero-order valence-corrected chi connectivity index (χ0v) is 11.0. The summed E-state index contributed by atoms with van der Waals surface area (Å²) >= 11 is 0. The summed E-state index contributed by atoms with van der Waals surface area (Å²) < 4.78 is 0. The number of para-hydroxylation sites is 1. The summed E-state index contributed by atoms with van der Waals surface area (Å²) in [6.07, 6.45) is 4.75. The zero-order chi connectivity index (χ0) is 14.7. The topological polar surface area (TPSA) is 90.6 Å². The first-order chi connectivity index (χ1) is 10.2. The molecule has 2 aromatic heterocycles. The number of carbonyl (C=O) groups is 1. The molecule has 1 aromatic carbocycles. The van der Waals surface area contributed by atoms with Gasteiger partial charge in [0.1, 0.15) is 5.82 Å². The van der Waals surface area contributed by atoms with Crippen LogP contribution >= 0.6 is 0 Å². The Morgan fingerprint density at radius 2 is 1.95 bits per heavy atom. The summed E-state index contributed by atoms with van der Waals surface area (Å²) in [5.74, 6) is 0.373. The molecule has 3 aromatic rings. The number of amides is 1. The van der Waals surface area contributed by atoms with Gasteiger partial charge in [0.15, 0.2) is 0 Å². The van der Waals surface area contributed by atoms with Crippen molar-refractivity contribution in [3.63, 3.8) is 0 Å². The van der Waals surface area contributed by atoms with Crippen LogP contribution in [0.25, 0.3) is 11.4 Å². The maximum absolute atomic E-state index is 12.2. The smallest absolute Gasteiger partial charge is 0.257 e. The van der Waals surface area contributed by atoms with E-state index in [2.05, 4.69) is 20.3 Å². The maximum Gasteiger partial charge on any atom is 0.257 e. The number of hydrogen-bond acceptors (Lipinski definition) is 3. The molecule has 6 heteroatoms. The highest BCUT2D eigenvalue weighted by molar-refractivity contribution is 6.05. The number of imidazole rings is 1. The molecule has 0 unspecified atom stereocenters. The van der Waals surface area contributed by atoms with Gasteiger partial charge in [0.25, 0.3) is 5.91 Å². The van der Waals surface area contributed by atoms with E-state index in [0.29, 0.717) is 17.1 Å². The maximum atomic E-state index is 12.2. The van der Waals surface area contributed by atoms with Crippen molar-refractivity contribution in [2.45, 2.75) is 0 Å². The molecule has 0 aliphatic rings. The van der Waals surface area contributed by atoms with E-state index in [1.807, 2.05) is 18.2 Å². The number of nitrogens with zero attached hydrogens (tertiary/aromatic N) is 1. The Bertz CT molecular complexity index is 801. The molecule has 0 saturated carbocycles. The van der Waals surface area contributed by atoms with Crippen molar-refractivity contribution in [1.29, 1.82) is 0 Å². The van der Waals surface area contributed by atoms with Crippen molar-refractivity contribution in [2.75, 3.05) is 5.32 Å². The molecule has 6 nitrogen and oxygen atoms in total. The summed E-state index contributed by atoms with van der Waals surface area (Å²) in [5, 5.41) is 2.81. The Labute approximate surface area is 119 Å². The highest BCUT2D eigenvalue weighted by Crippen LogP contribution is 2.24. The number of rotatable bonds is 3.